The van der Waals surface area contributed by atoms with Gasteiger partial charge in [-0.2, -0.15) is 0 Å². The highest BCUT2D eigenvalue weighted by Gasteiger charge is 2.16. The number of rotatable bonds is 5. The lowest BCUT2D eigenvalue weighted by Gasteiger charge is -2.11. The van der Waals surface area contributed by atoms with E-state index in [2.05, 4.69) is 5.32 Å². The van der Waals surface area contributed by atoms with Crippen LogP contribution in [0.1, 0.15) is 18.7 Å². The van der Waals surface area contributed by atoms with E-state index in [0.29, 0.717) is 18.2 Å². The molecule has 0 spiro atoms. The monoisotopic (exact) mass is 322 g/mol. The van der Waals surface area contributed by atoms with Crippen molar-refractivity contribution in [2.45, 2.75) is 27.3 Å². The summed E-state index contributed by atoms with van der Waals surface area (Å²) in [5.41, 5.74) is 1.41. The first-order valence-electron chi connectivity index (χ1n) is 7.11. The number of halogens is 1. The number of benzene rings is 1. The van der Waals surface area contributed by atoms with Gasteiger partial charge < -0.3 is 5.32 Å². The molecule has 0 bridgehead atoms. The van der Waals surface area contributed by atoms with Gasteiger partial charge in [0.25, 0.3) is 0 Å². The molecule has 0 atom stereocenters. The summed E-state index contributed by atoms with van der Waals surface area (Å²) < 4.78 is 14.5. The maximum Gasteiger partial charge on any atom is 0.308 e. The molecule has 22 heavy (non-hydrogen) atoms. The normalized spacial score (nSPS) is 11.0. The molecule has 0 radical (unpaired) electrons. The molecule has 2 aromatic rings. The number of amides is 1. The minimum Gasteiger partial charge on any atom is -0.354 e. The van der Waals surface area contributed by atoms with Gasteiger partial charge in [-0.15, -0.1) is 0 Å². The fourth-order valence-corrected chi connectivity index (χ4v) is 3.00. The Labute approximate surface area is 132 Å². The molecular formula is C16H19FN2O2S. The average molecular weight is 322 g/mol. The molecule has 1 aromatic carbocycles. The molecule has 1 heterocycles. The van der Waals surface area contributed by atoms with Crippen molar-refractivity contribution < 1.29 is 9.18 Å². The van der Waals surface area contributed by atoms with Crippen LogP contribution >= 0.6 is 11.3 Å². The zero-order chi connectivity index (χ0) is 16.3. The zero-order valence-electron chi connectivity index (χ0n) is 12.9. The minimum atomic E-state index is -0.333. The minimum absolute atomic E-state index is 0.0252. The van der Waals surface area contributed by atoms with E-state index in [9.17, 15) is 14.0 Å². The Bertz CT molecular complexity index is 717. The lowest BCUT2D eigenvalue weighted by atomic mass is 10.1. The highest BCUT2D eigenvalue weighted by Crippen LogP contribution is 2.25. The Kier molecular flexibility index (Phi) is 5.13. The molecule has 0 fully saturated rings. The molecule has 6 heteroatoms. The number of hydrogen-bond donors (Lipinski definition) is 1. The maximum atomic E-state index is 13.1. The Morgan fingerprint density at radius 3 is 2.55 bits per heavy atom. The second-order valence-electron chi connectivity index (χ2n) is 5.56. The first-order chi connectivity index (χ1) is 10.4. The van der Waals surface area contributed by atoms with Gasteiger partial charge in [-0.25, -0.2) is 4.39 Å². The van der Waals surface area contributed by atoms with E-state index in [1.807, 2.05) is 20.8 Å². The molecule has 1 aromatic heterocycles. The quantitative estimate of drug-likeness (QED) is 0.920. The van der Waals surface area contributed by atoms with Crippen molar-refractivity contribution in [1.29, 1.82) is 0 Å². The molecule has 4 nitrogen and oxygen atoms in total. The Balaban J connectivity index is 2.30. The fraction of sp³-hybridized carbons (Fsp3) is 0.375. The third-order valence-electron chi connectivity index (χ3n) is 3.19. The third kappa shape index (κ3) is 3.82. The molecule has 118 valence electrons. The van der Waals surface area contributed by atoms with Gasteiger partial charge in [-0.3, -0.25) is 14.2 Å². The van der Waals surface area contributed by atoms with Crippen molar-refractivity contribution in [2.24, 2.45) is 5.92 Å². The topological polar surface area (TPSA) is 51.1 Å². The zero-order valence-corrected chi connectivity index (χ0v) is 13.7. The molecule has 0 aliphatic rings. The van der Waals surface area contributed by atoms with Crippen LogP contribution in [0.3, 0.4) is 0 Å². The SMILES string of the molecule is Cc1sc(=O)n(CC(=O)NCC(C)C)c1-c1ccc(F)cc1. The van der Waals surface area contributed by atoms with Crippen molar-refractivity contribution in [3.8, 4) is 11.3 Å². The van der Waals surface area contributed by atoms with Crippen LogP contribution in [-0.4, -0.2) is 17.0 Å². The summed E-state index contributed by atoms with van der Waals surface area (Å²) >= 11 is 1.09. The number of aromatic nitrogens is 1. The molecule has 0 unspecified atom stereocenters. The second-order valence-corrected chi connectivity index (χ2v) is 6.73. The highest BCUT2D eigenvalue weighted by molar-refractivity contribution is 7.09. The van der Waals surface area contributed by atoms with Crippen LogP contribution in [0.2, 0.25) is 0 Å². The van der Waals surface area contributed by atoms with Crippen molar-refractivity contribution in [1.82, 2.24) is 9.88 Å². The summed E-state index contributed by atoms with van der Waals surface area (Å²) in [6.07, 6.45) is 0. The third-order valence-corrected chi connectivity index (χ3v) is 4.09. The van der Waals surface area contributed by atoms with Gasteiger partial charge in [-0.05, 0) is 42.7 Å². The molecule has 1 amide bonds. The van der Waals surface area contributed by atoms with Crippen LogP contribution in [0.5, 0.6) is 0 Å². The van der Waals surface area contributed by atoms with Crippen LogP contribution in [-0.2, 0) is 11.3 Å². The van der Waals surface area contributed by atoms with E-state index in [1.165, 1.54) is 16.7 Å². The first-order valence-corrected chi connectivity index (χ1v) is 7.93. The van der Waals surface area contributed by atoms with E-state index >= 15 is 0 Å². The summed E-state index contributed by atoms with van der Waals surface area (Å²) in [7, 11) is 0. The largest absolute Gasteiger partial charge is 0.354 e. The van der Waals surface area contributed by atoms with Gasteiger partial charge in [0.05, 0.1) is 5.69 Å². The first kappa shape index (κ1) is 16.4. The molecule has 0 saturated heterocycles. The van der Waals surface area contributed by atoms with Gasteiger partial charge in [0.2, 0.25) is 5.91 Å². The van der Waals surface area contributed by atoms with E-state index < -0.39 is 0 Å². The van der Waals surface area contributed by atoms with Gasteiger partial charge in [0.15, 0.2) is 0 Å². The summed E-state index contributed by atoms with van der Waals surface area (Å²) in [5.74, 6) is -0.182. The van der Waals surface area contributed by atoms with Gasteiger partial charge in [0.1, 0.15) is 12.4 Å². The molecule has 1 N–H and O–H groups in total. The summed E-state index contributed by atoms with van der Waals surface area (Å²) in [6, 6.07) is 5.93. The van der Waals surface area contributed by atoms with Crippen LogP contribution in [0.4, 0.5) is 4.39 Å². The number of hydrogen-bond acceptors (Lipinski definition) is 3. The van der Waals surface area contributed by atoms with Gasteiger partial charge >= 0.3 is 4.87 Å². The number of carbonyl (C=O) groups is 1. The number of nitrogens with one attached hydrogen (secondary N) is 1. The predicted molar refractivity (Wildman–Crippen MR) is 86.6 cm³/mol. The molecule has 2 rings (SSSR count). The van der Waals surface area contributed by atoms with E-state index in [1.54, 1.807) is 12.1 Å². The Hall–Kier alpha value is -1.95. The lowest BCUT2D eigenvalue weighted by Crippen LogP contribution is -2.33. The lowest BCUT2D eigenvalue weighted by molar-refractivity contribution is -0.121. The fourth-order valence-electron chi connectivity index (χ4n) is 2.14. The van der Waals surface area contributed by atoms with Crippen LogP contribution < -0.4 is 10.2 Å². The Morgan fingerprint density at radius 2 is 1.95 bits per heavy atom. The summed E-state index contributed by atoms with van der Waals surface area (Å²) in [5, 5.41) is 2.80. The average Bonchev–Trinajstić information content (AvgIpc) is 2.72. The van der Waals surface area contributed by atoms with E-state index in [4.69, 9.17) is 0 Å². The van der Waals surface area contributed by atoms with Crippen LogP contribution in [0.25, 0.3) is 11.3 Å². The molecular weight excluding hydrogens is 303 g/mol. The number of carbonyl (C=O) groups excluding carboxylic acids is 1. The van der Waals surface area contributed by atoms with Crippen LogP contribution in [0.15, 0.2) is 29.1 Å². The summed E-state index contributed by atoms with van der Waals surface area (Å²) in [4.78, 5) is 24.7. The van der Waals surface area contributed by atoms with Crippen molar-refractivity contribution >= 4 is 17.2 Å². The smallest absolute Gasteiger partial charge is 0.308 e. The number of nitrogens with zero attached hydrogens (tertiary/aromatic N) is 1. The molecule has 0 aliphatic carbocycles. The Morgan fingerprint density at radius 1 is 1.32 bits per heavy atom. The predicted octanol–water partition coefficient (Wildman–Crippen LogP) is 2.80. The van der Waals surface area contributed by atoms with Gasteiger partial charge in [0, 0.05) is 11.4 Å². The maximum absolute atomic E-state index is 13.1. The van der Waals surface area contributed by atoms with Crippen molar-refractivity contribution in [2.75, 3.05) is 6.54 Å². The summed E-state index contributed by atoms with van der Waals surface area (Å²) in [6.45, 7) is 6.38. The standard InChI is InChI=1S/C16H19FN2O2S/c1-10(2)8-18-14(20)9-19-15(11(3)22-16(19)21)12-4-6-13(17)7-5-12/h4-7,10H,8-9H2,1-3H3,(H,18,20). The van der Waals surface area contributed by atoms with Crippen molar-refractivity contribution in [3.05, 3.63) is 44.6 Å². The molecule has 0 aliphatic heterocycles. The number of aryl methyl sites for hydroxylation is 1. The molecule has 0 saturated carbocycles. The van der Waals surface area contributed by atoms with Crippen molar-refractivity contribution in [3.63, 3.8) is 0 Å². The highest BCUT2D eigenvalue weighted by atomic mass is 32.1. The van der Waals surface area contributed by atoms with Crippen LogP contribution in [0, 0.1) is 18.7 Å². The van der Waals surface area contributed by atoms with E-state index in [-0.39, 0.29) is 23.1 Å². The van der Waals surface area contributed by atoms with E-state index in [0.717, 1.165) is 21.8 Å². The van der Waals surface area contributed by atoms with Gasteiger partial charge in [-0.1, -0.05) is 25.2 Å². The second kappa shape index (κ2) is 6.87. The number of thiazole rings is 1.